The number of aryl methyl sites for hydroxylation is 1. The van der Waals surface area contributed by atoms with E-state index in [1.165, 1.54) is 5.56 Å². The molecule has 1 atom stereocenters. The SMILES string of the molecule is CC(C)(C)CCc1ccc(N2CC(CO)OC2=O)cc1. The first-order chi connectivity index (χ1) is 9.39. The fourth-order valence-electron chi connectivity index (χ4n) is 2.19. The molecule has 1 heterocycles. The topological polar surface area (TPSA) is 49.8 Å². The summed E-state index contributed by atoms with van der Waals surface area (Å²) >= 11 is 0. The Kier molecular flexibility index (Phi) is 4.33. The third-order valence-corrected chi connectivity index (χ3v) is 3.49. The van der Waals surface area contributed by atoms with Gasteiger partial charge in [-0.05, 0) is 36.0 Å². The van der Waals surface area contributed by atoms with Crippen LogP contribution in [0.3, 0.4) is 0 Å². The van der Waals surface area contributed by atoms with Crippen LogP contribution in [0.5, 0.6) is 0 Å². The Hall–Kier alpha value is -1.55. The molecule has 1 aromatic carbocycles. The van der Waals surface area contributed by atoms with E-state index >= 15 is 0 Å². The Bertz CT molecular complexity index is 462. The van der Waals surface area contributed by atoms with Crippen LogP contribution in [0.4, 0.5) is 10.5 Å². The summed E-state index contributed by atoms with van der Waals surface area (Å²) in [7, 11) is 0. The molecule has 4 nitrogen and oxygen atoms in total. The second-order valence-electron chi connectivity index (χ2n) is 6.53. The van der Waals surface area contributed by atoms with Gasteiger partial charge in [-0.1, -0.05) is 32.9 Å². The summed E-state index contributed by atoms with van der Waals surface area (Å²) in [6, 6.07) is 8.00. The number of anilines is 1. The van der Waals surface area contributed by atoms with Crippen molar-refractivity contribution in [3.8, 4) is 0 Å². The zero-order valence-electron chi connectivity index (χ0n) is 12.4. The van der Waals surface area contributed by atoms with Gasteiger partial charge in [-0.15, -0.1) is 0 Å². The summed E-state index contributed by atoms with van der Waals surface area (Å²) in [5.41, 5.74) is 2.42. The molecular weight excluding hydrogens is 254 g/mol. The molecule has 0 saturated carbocycles. The number of rotatable bonds is 4. The zero-order chi connectivity index (χ0) is 14.8. The molecule has 2 rings (SSSR count). The summed E-state index contributed by atoms with van der Waals surface area (Å²) in [5.74, 6) is 0. The van der Waals surface area contributed by atoms with E-state index in [-0.39, 0.29) is 12.7 Å². The number of aliphatic hydroxyl groups is 1. The maximum absolute atomic E-state index is 11.7. The molecule has 1 aromatic rings. The molecular formula is C16H23NO3. The van der Waals surface area contributed by atoms with Crippen molar-refractivity contribution in [2.24, 2.45) is 5.41 Å². The van der Waals surface area contributed by atoms with Gasteiger partial charge >= 0.3 is 6.09 Å². The zero-order valence-corrected chi connectivity index (χ0v) is 12.4. The summed E-state index contributed by atoms with van der Waals surface area (Å²) in [6.07, 6.45) is 1.37. The van der Waals surface area contributed by atoms with Crippen LogP contribution >= 0.6 is 0 Å². The van der Waals surface area contributed by atoms with Crippen LogP contribution in [0.2, 0.25) is 0 Å². The van der Waals surface area contributed by atoms with Crippen molar-refractivity contribution in [2.45, 2.75) is 39.7 Å². The molecule has 1 aliphatic rings. The fraction of sp³-hybridized carbons (Fsp3) is 0.562. The average molecular weight is 277 g/mol. The van der Waals surface area contributed by atoms with Crippen LogP contribution in [0.15, 0.2) is 24.3 Å². The Labute approximate surface area is 120 Å². The van der Waals surface area contributed by atoms with Crippen LogP contribution in [-0.4, -0.2) is 30.5 Å². The predicted octanol–water partition coefficient (Wildman–Crippen LogP) is 2.98. The van der Waals surface area contributed by atoms with Gasteiger partial charge in [0.25, 0.3) is 0 Å². The summed E-state index contributed by atoms with van der Waals surface area (Å²) in [4.78, 5) is 13.2. The van der Waals surface area contributed by atoms with E-state index in [0.717, 1.165) is 18.5 Å². The lowest BCUT2D eigenvalue weighted by molar-refractivity contribution is 0.0963. The summed E-state index contributed by atoms with van der Waals surface area (Å²) < 4.78 is 5.04. The van der Waals surface area contributed by atoms with Crippen molar-refractivity contribution in [3.05, 3.63) is 29.8 Å². The van der Waals surface area contributed by atoms with E-state index in [0.29, 0.717) is 12.0 Å². The first-order valence-corrected chi connectivity index (χ1v) is 7.07. The summed E-state index contributed by atoms with van der Waals surface area (Å²) in [6.45, 7) is 6.98. The van der Waals surface area contributed by atoms with Crippen molar-refractivity contribution in [2.75, 3.05) is 18.1 Å². The maximum Gasteiger partial charge on any atom is 0.414 e. The van der Waals surface area contributed by atoms with E-state index in [9.17, 15) is 4.79 Å². The molecule has 1 amide bonds. The minimum atomic E-state index is -0.414. The van der Waals surface area contributed by atoms with Crippen molar-refractivity contribution in [1.82, 2.24) is 0 Å². The fourth-order valence-corrected chi connectivity index (χ4v) is 2.19. The van der Waals surface area contributed by atoms with E-state index < -0.39 is 6.10 Å². The van der Waals surface area contributed by atoms with E-state index in [1.807, 2.05) is 12.1 Å². The minimum Gasteiger partial charge on any atom is -0.441 e. The molecule has 1 aliphatic heterocycles. The third kappa shape index (κ3) is 3.73. The van der Waals surface area contributed by atoms with Gasteiger partial charge in [0, 0.05) is 5.69 Å². The highest BCUT2D eigenvalue weighted by Gasteiger charge is 2.31. The van der Waals surface area contributed by atoms with Gasteiger partial charge in [0.05, 0.1) is 13.2 Å². The Balaban J connectivity index is 2.00. The van der Waals surface area contributed by atoms with Crippen molar-refractivity contribution in [3.63, 3.8) is 0 Å². The number of cyclic esters (lactones) is 1. The number of carbonyl (C=O) groups is 1. The number of amides is 1. The largest absolute Gasteiger partial charge is 0.441 e. The molecule has 20 heavy (non-hydrogen) atoms. The Morgan fingerprint density at radius 3 is 2.45 bits per heavy atom. The maximum atomic E-state index is 11.7. The predicted molar refractivity (Wildman–Crippen MR) is 78.9 cm³/mol. The van der Waals surface area contributed by atoms with Gasteiger partial charge in [-0.25, -0.2) is 4.79 Å². The van der Waals surface area contributed by atoms with Crippen LogP contribution in [0.1, 0.15) is 32.8 Å². The number of carbonyl (C=O) groups excluding carboxylic acids is 1. The average Bonchev–Trinajstić information content (AvgIpc) is 2.77. The molecule has 0 spiro atoms. The van der Waals surface area contributed by atoms with E-state index in [2.05, 4.69) is 32.9 Å². The first-order valence-electron chi connectivity index (χ1n) is 7.07. The van der Waals surface area contributed by atoms with Crippen molar-refractivity contribution < 1.29 is 14.6 Å². The van der Waals surface area contributed by atoms with Crippen molar-refractivity contribution >= 4 is 11.8 Å². The highest BCUT2D eigenvalue weighted by Crippen LogP contribution is 2.24. The highest BCUT2D eigenvalue weighted by molar-refractivity contribution is 5.89. The molecule has 0 aromatic heterocycles. The minimum absolute atomic E-state index is 0.133. The lowest BCUT2D eigenvalue weighted by atomic mass is 9.89. The number of benzene rings is 1. The lowest BCUT2D eigenvalue weighted by Crippen LogP contribution is -2.25. The normalized spacial score (nSPS) is 19.3. The van der Waals surface area contributed by atoms with Crippen molar-refractivity contribution in [1.29, 1.82) is 0 Å². The number of hydrogen-bond donors (Lipinski definition) is 1. The first kappa shape index (κ1) is 14.9. The highest BCUT2D eigenvalue weighted by atomic mass is 16.6. The van der Waals surface area contributed by atoms with Crippen LogP contribution in [-0.2, 0) is 11.2 Å². The molecule has 0 radical (unpaired) electrons. The second-order valence-corrected chi connectivity index (χ2v) is 6.53. The third-order valence-electron chi connectivity index (χ3n) is 3.49. The molecule has 0 aliphatic carbocycles. The quantitative estimate of drug-likeness (QED) is 0.920. The summed E-state index contributed by atoms with van der Waals surface area (Å²) in [5, 5.41) is 9.03. The molecule has 4 heteroatoms. The number of nitrogens with zero attached hydrogens (tertiary/aromatic N) is 1. The lowest BCUT2D eigenvalue weighted by Gasteiger charge is -2.18. The van der Waals surface area contributed by atoms with Gasteiger partial charge in [0.2, 0.25) is 0 Å². The van der Waals surface area contributed by atoms with Gasteiger partial charge in [-0.2, -0.15) is 0 Å². The number of ether oxygens (including phenoxy) is 1. The van der Waals surface area contributed by atoms with E-state index in [4.69, 9.17) is 9.84 Å². The molecule has 0 bridgehead atoms. The van der Waals surface area contributed by atoms with Crippen LogP contribution in [0.25, 0.3) is 0 Å². The molecule has 1 unspecified atom stereocenters. The Morgan fingerprint density at radius 1 is 1.30 bits per heavy atom. The molecule has 1 saturated heterocycles. The molecule has 1 fully saturated rings. The van der Waals surface area contributed by atoms with Gasteiger partial charge in [0.1, 0.15) is 6.10 Å². The number of aliphatic hydroxyl groups excluding tert-OH is 1. The van der Waals surface area contributed by atoms with Crippen LogP contribution in [0, 0.1) is 5.41 Å². The number of hydrogen-bond acceptors (Lipinski definition) is 3. The standard InChI is InChI=1S/C16H23NO3/c1-16(2,3)9-8-12-4-6-13(7-5-12)17-10-14(11-18)20-15(17)19/h4-7,14,18H,8-11H2,1-3H3. The molecule has 1 N–H and O–H groups in total. The van der Waals surface area contributed by atoms with Crippen LogP contribution < -0.4 is 4.90 Å². The molecule has 110 valence electrons. The van der Waals surface area contributed by atoms with Gasteiger partial charge in [0.15, 0.2) is 0 Å². The van der Waals surface area contributed by atoms with Gasteiger partial charge in [-0.3, -0.25) is 4.90 Å². The smallest absolute Gasteiger partial charge is 0.414 e. The van der Waals surface area contributed by atoms with E-state index in [1.54, 1.807) is 4.90 Å². The monoisotopic (exact) mass is 277 g/mol. The van der Waals surface area contributed by atoms with Gasteiger partial charge < -0.3 is 9.84 Å². The second kappa shape index (κ2) is 5.83. The Morgan fingerprint density at radius 2 is 1.95 bits per heavy atom.